The molecule has 1 atom stereocenters. The molecule has 0 aromatic rings. The molecule has 0 fully saturated rings. The van der Waals surface area contributed by atoms with Crippen LogP contribution in [0.25, 0.3) is 0 Å². The van der Waals surface area contributed by atoms with Gasteiger partial charge in [0.25, 0.3) is 0 Å². The van der Waals surface area contributed by atoms with Crippen LogP contribution in [0.1, 0.15) is 6.92 Å². The Morgan fingerprint density at radius 3 is 2.78 bits per heavy atom. The van der Waals surface area contributed by atoms with E-state index in [0.717, 1.165) is 11.0 Å². The molecule has 0 rings (SSSR count). The van der Waals surface area contributed by atoms with Crippen LogP contribution in [0, 0.1) is 0 Å². The number of nitrogens with zero attached hydrogens (tertiary/aromatic N) is 1. The zero-order chi connectivity index (χ0) is 7.28. The number of aliphatic hydroxyl groups is 1. The third kappa shape index (κ3) is 6.04. The molecule has 0 spiro atoms. The summed E-state index contributed by atoms with van der Waals surface area (Å²) in [4.78, 5) is 11.5. The molecule has 0 aromatic heterocycles. The number of carbonyl (C=O) groups is 1. The van der Waals surface area contributed by atoms with E-state index in [2.05, 4.69) is 0 Å². The third-order valence-corrected chi connectivity index (χ3v) is 3.41. The molecule has 0 radical (unpaired) electrons. The molecule has 0 aromatic carbocycles. The second-order valence-corrected chi connectivity index (χ2v) is 5.08. The van der Waals surface area contributed by atoms with Crippen LogP contribution in [0.5, 0.6) is 0 Å². The maximum atomic E-state index is 9.98. The average molecular weight is 244 g/mol. The SMILES string of the molecule is C[C@H](O)[I-]CN(C)C=O. The molecule has 0 saturated heterocycles. The van der Waals surface area contributed by atoms with E-state index in [1.807, 2.05) is 0 Å². The molecule has 3 nitrogen and oxygen atoms in total. The average Bonchev–Trinajstić information content (AvgIpc) is 1.83. The van der Waals surface area contributed by atoms with Gasteiger partial charge in [0.2, 0.25) is 0 Å². The van der Waals surface area contributed by atoms with Gasteiger partial charge in [0.1, 0.15) is 0 Å². The fraction of sp³-hybridized carbons (Fsp3) is 0.800. The number of alkyl halides is 2. The second-order valence-electron chi connectivity index (χ2n) is 1.71. The molecule has 4 heteroatoms. The monoisotopic (exact) mass is 244 g/mol. The molecule has 0 unspecified atom stereocenters. The summed E-state index contributed by atoms with van der Waals surface area (Å²) in [6, 6.07) is 0. The first-order chi connectivity index (χ1) is 4.16. The number of hydrogen-bond donors (Lipinski definition) is 1. The minimum absolute atomic E-state index is 0.203. The maximum absolute atomic E-state index is 9.98. The van der Waals surface area contributed by atoms with Crippen molar-refractivity contribution < 1.29 is 31.1 Å². The van der Waals surface area contributed by atoms with Crippen molar-refractivity contribution >= 4 is 6.41 Å². The number of amides is 1. The number of carbonyl (C=O) groups excluding carboxylic acids is 1. The van der Waals surface area contributed by atoms with E-state index in [-0.39, 0.29) is 25.3 Å². The Morgan fingerprint density at radius 2 is 2.44 bits per heavy atom. The van der Waals surface area contributed by atoms with Crippen molar-refractivity contribution in [2.24, 2.45) is 0 Å². The molecule has 0 saturated carbocycles. The van der Waals surface area contributed by atoms with E-state index in [9.17, 15) is 4.79 Å². The first-order valence-electron chi connectivity index (χ1n) is 2.58. The minimum atomic E-state index is -0.231. The van der Waals surface area contributed by atoms with Crippen molar-refractivity contribution in [2.75, 3.05) is 11.6 Å². The molecule has 9 heavy (non-hydrogen) atoms. The summed E-state index contributed by atoms with van der Waals surface area (Å²) in [6.07, 6.45) is 0.780. The van der Waals surface area contributed by atoms with Crippen molar-refractivity contribution in [2.45, 2.75) is 11.0 Å². The summed E-state index contributed by atoms with van der Waals surface area (Å²) in [5.74, 6) is 0. The standard InChI is InChI=1S/C5H11INO2/c1-5(9)6-3-7(2)4-8/h4-5,9H,3H2,1-2H3/q-1/t5-/m0/s1. The van der Waals surface area contributed by atoms with Crippen LogP contribution >= 0.6 is 0 Å². The van der Waals surface area contributed by atoms with Gasteiger partial charge in [0, 0.05) is 0 Å². The Balaban J connectivity index is 3.16. The molecule has 1 amide bonds. The predicted octanol–water partition coefficient (Wildman–Crippen LogP) is -3.54. The summed E-state index contributed by atoms with van der Waals surface area (Å²) >= 11 is -0.231. The van der Waals surface area contributed by atoms with E-state index in [0.29, 0.717) is 0 Å². The number of aliphatic hydroxyl groups excluding tert-OH is 1. The van der Waals surface area contributed by atoms with Gasteiger partial charge in [-0.2, -0.15) is 0 Å². The Bertz CT molecular complexity index is 87.0. The fourth-order valence-electron chi connectivity index (χ4n) is 0.237. The predicted molar refractivity (Wildman–Crippen MR) is 30.4 cm³/mol. The van der Waals surface area contributed by atoms with Crippen LogP contribution in [0.4, 0.5) is 0 Å². The van der Waals surface area contributed by atoms with Gasteiger partial charge in [-0.15, -0.1) is 0 Å². The molecular weight excluding hydrogens is 233 g/mol. The Labute approximate surface area is 65.3 Å². The van der Waals surface area contributed by atoms with Crippen molar-refractivity contribution in [1.29, 1.82) is 0 Å². The van der Waals surface area contributed by atoms with Crippen LogP contribution in [0.2, 0.25) is 0 Å². The van der Waals surface area contributed by atoms with Crippen LogP contribution in [-0.4, -0.2) is 32.1 Å². The molecule has 0 aliphatic carbocycles. The van der Waals surface area contributed by atoms with E-state index in [1.165, 1.54) is 0 Å². The zero-order valence-corrected chi connectivity index (χ0v) is 7.70. The van der Waals surface area contributed by atoms with E-state index in [1.54, 1.807) is 18.9 Å². The second kappa shape index (κ2) is 4.99. The first kappa shape index (κ1) is 9.16. The quantitative estimate of drug-likeness (QED) is 0.241. The normalized spacial score (nSPS) is 13.2. The number of rotatable bonds is 4. The van der Waals surface area contributed by atoms with Crippen molar-refractivity contribution in [3.8, 4) is 0 Å². The third-order valence-electron chi connectivity index (χ3n) is 0.661. The first-order valence-corrected chi connectivity index (χ1v) is 5.35. The van der Waals surface area contributed by atoms with Gasteiger partial charge in [-0.1, -0.05) is 0 Å². The number of hydrogen-bond acceptors (Lipinski definition) is 2. The van der Waals surface area contributed by atoms with Crippen molar-refractivity contribution in [1.82, 2.24) is 4.90 Å². The summed E-state index contributed by atoms with van der Waals surface area (Å²) < 4.78 is 0.534. The van der Waals surface area contributed by atoms with Crippen molar-refractivity contribution in [3.63, 3.8) is 0 Å². The van der Waals surface area contributed by atoms with Crippen molar-refractivity contribution in [3.05, 3.63) is 0 Å². The van der Waals surface area contributed by atoms with E-state index < -0.39 is 0 Å². The van der Waals surface area contributed by atoms with Gasteiger partial charge in [0.05, 0.1) is 0 Å². The summed E-state index contributed by atoms with van der Waals surface area (Å²) in [5.41, 5.74) is 0. The van der Waals surface area contributed by atoms with Gasteiger partial charge >= 0.3 is 65.0 Å². The molecule has 1 N–H and O–H groups in total. The van der Waals surface area contributed by atoms with Gasteiger partial charge < -0.3 is 0 Å². The molecule has 0 aliphatic heterocycles. The van der Waals surface area contributed by atoms with E-state index in [4.69, 9.17) is 5.11 Å². The molecule has 0 bridgehead atoms. The van der Waals surface area contributed by atoms with Crippen LogP contribution in [-0.2, 0) is 4.79 Å². The Hall–Kier alpha value is 0.160. The van der Waals surface area contributed by atoms with Gasteiger partial charge in [-0.3, -0.25) is 0 Å². The summed E-state index contributed by atoms with van der Waals surface area (Å²) in [5, 5.41) is 8.80. The topological polar surface area (TPSA) is 40.5 Å². The summed E-state index contributed by atoms with van der Waals surface area (Å²) in [6.45, 7) is 1.76. The molecule has 0 heterocycles. The fourth-order valence-corrected chi connectivity index (χ4v) is 1.59. The Kier molecular flexibility index (Phi) is 5.07. The van der Waals surface area contributed by atoms with Crippen LogP contribution in [0.15, 0.2) is 0 Å². The Morgan fingerprint density at radius 1 is 1.89 bits per heavy atom. The zero-order valence-electron chi connectivity index (χ0n) is 5.54. The molecular formula is C5H11INO2-. The summed E-state index contributed by atoms with van der Waals surface area (Å²) in [7, 11) is 1.72. The molecule has 0 aliphatic rings. The number of halogens is 1. The molecule has 56 valence electrons. The van der Waals surface area contributed by atoms with Gasteiger partial charge in [0.15, 0.2) is 0 Å². The van der Waals surface area contributed by atoms with E-state index >= 15 is 0 Å². The van der Waals surface area contributed by atoms with Crippen LogP contribution in [0.3, 0.4) is 0 Å². The van der Waals surface area contributed by atoms with Gasteiger partial charge in [-0.05, 0) is 0 Å². The van der Waals surface area contributed by atoms with Crippen LogP contribution < -0.4 is 21.2 Å². The van der Waals surface area contributed by atoms with Gasteiger partial charge in [-0.25, -0.2) is 0 Å².